The first-order valence-corrected chi connectivity index (χ1v) is 10.9. The maximum Gasteiger partial charge on any atom is 0.269 e. The molecule has 8 nitrogen and oxygen atoms in total. The summed E-state index contributed by atoms with van der Waals surface area (Å²) >= 11 is 0. The summed E-state index contributed by atoms with van der Waals surface area (Å²) in [5.74, 6) is -0.685. The van der Waals surface area contributed by atoms with Gasteiger partial charge in [0, 0.05) is 36.8 Å². The quantitative estimate of drug-likeness (QED) is 0.587. The van der Waals surface area contributed by atoms with Gasteiger partial charge in [-0.1, -0.05) is 24.8 Å². The van der Waals surface area contributed by atoms with Gasteiger partial charge < -0.3 is 5.32 Å². The first-order valence-electron chi connectivity index (χ1n) is 9.51. The fourth-order valence-electron chi connectivity index (χ4n) is 3.14. The number of hydrogen-bond donors (Lipinski definition) is 3. The minimum Gasteiger partial charge on any atom is -0.326 e. The molecule has 0 aromatic heterocycles. The Bertz CT molecular complexity index is 1080. The van der Waals surface area contributed by atoms with Crippen molar-refractivity contribution in [3.05, 3.63) is 66.2 Å². The standard InChI is InChI=1S/C21H24N4O4S/c1-15(17-7-5-9-19(13-17)22-16(2)26)23-24-21(27)18-8-6-10-20(14-18)30(28,29)25-11-3-4-12-25/h5-10,13-14,23H,1,3-4,11-12H2,2H3,(H,22,26)(H,24,27). The van der Waals surface area contributed by atoms with Crippen LogP contribution in [-0.2, 0) is 14.8 Å². The second-order valence-electron chi connectivity index (χ2n) is 6.96. The van der Waals surface area contributed by atoms with E-state index in [-0.39, 0.29) is 16.4 Å². The molecule has 2 amide bonds. The number of nitrogens with one attached hydrogen (secondary N) is 3. The lowest BCUT2D eigenvalue weighted by atomic mass is 10.1. The average molecular weight is 429 g/mol. The van der Waals surface area contributed by atoms with Crippen LogP contribution in [0.1, 0.15) is 35.7 Å². The molecule has 1 aliphatic rings. The predicted octanol–water partition coefficient (Wildman–Crippen LogP) is 2.33. The number of nitrogens with zero attached hydrogens (tertiary/aromatic N) is 1. The van der Waals surface area contributed by atoms with E-state index in [2.05, 4.69) is 22.7 Å². The SMILES string of the molecule is C=C(NNC(=O)c1cccc(S(=O)(=O)N2CCCC2)c1)c1cccc(NC(C)=O)c1. The number of hydrogen-bond acceptors (Lipinski definition) is 5. The van der Waals surface area contributed by atoms with Crippen LogP contribution in [0.2, 0.25) is 0 Å². The highest BCUT2D eigenvalue weighted by atomic mass is 32.2. The smallest absolute Gasteiger partial charge is 0.269 e. The molecule has 0 spiro atoms. The van der Waals surface area contributed by atoms with Crippen molar-refractivity contribution in [1.82, 2.24) is 15.2 Å². The Balaban J connectivity index is 1.67. The zero-order valence-electron chi connectivity index (χ0n) is 16.6. The Morgan fingerprint density at radius 1 is 0.967 bits per heavy atom. The van der Waals surface area contributed by atoms with Crippen LogP contribution in [-0.4, -0.2) is 37.6 Å². The molecule has 3 rings (SSSR count). The Morgan fingerprint density at radius 3 is 2.33 bits per heavy atom. The maximum atomic E-state index is 12.7. The van der Waals surface area contributed by atoms with E-state index in [1.165, 1.54) is 23.4 Å². The molecule has 1 saturated heterocycles. The zero-order chi connectivity index (χ0) is 21.7. The van der Waals surface area contributed by atoms with Gasteiger partial charge in [0.15, 0.2) is 0 Å². The zero-order valence-corrected chi connectivity index (χ0v) is 17.5. The molecule has 2 aromatic carbocycles. The number of sulfonamides is 1. The topological polar surface area (TPSA) is 108 Å². The van der Waals surface area contributed by atoms with Crippen LogP contribution in [0.25, 0.3) is 5.70 Å². The molecule has 0 atom stereocenters. The molecule has 1 aliphatic heterocycles. The lowest BCUT2D eigenvalue weighted by molar-refractivity contribution is -0.114. The fraction of sp³-hybridized carbons (Fsp3) is 0.238. The second-order valence-corrected chi connectivity index (χ2v) is 8.90. The third-order valence-electron chi connectivity index (χ3n) is 4.66. The molecule has 1 heterocycles. The predicted molar refractivity (Wildman–Crippen MR) is 115 cm³/mol. The van der Waals surface area contributed by atoms with E-state index in [1.54, 1.807) is 36.4 Å². The van der Waals surface area contributed by atoms with Crippen molar-refractivity contribution in [1.29, 1.82) is 0 Å². The molecule has 0 bridgehead atoms. The number of amides is 2. The second kappa shape index (κ2) is 9.10. The van der Waals surface area contributed by atoms with Crippen molar-refractivity contribution in [2.75, 3.05) is 18.4 Å². The Kier molecular flexibility index (Phi) is 6.53. The molecule has 2 aromatic rings. The van der Waals surface area contributed by atoms with Crippen molar-refractivity contribution in [2.24, 2.45) is 0 Å². The van der Waals surface area contributed by atoms with Crippen molar-refractivity contribution in [3.63, 3.8) is 0 Å². The maximum absolute atomic E-state index is 12.7. The van der Waals surface area contributed by atoms with Gasteiger partial charge in [0.25, 0.3) is 5.91 Å². The molecule has 0 radical (unpaired) electrons. The molecule has 30 heavy (non-hydrogen) atoms. The number of carbonyl (C=O) groups is 2. The number of hydrazine groups is 1. The number of anilines is 1. The van der Waals surface area contributed by atoms with Crippen LogP contribution in [0.15, 0.2) is 60.0 Å². The molecule has 3 N–H and O–H groups in total. The van der Waals surface area contributed by atoms with E-state index >= 15 is 0 Å². The molecule has 1 fully saturated rings. The third-order valence-corrected chi connectivity index (χ3v) is 6.55. The molecule has 0 saturated carbocycles. The average Bonchev–Trinajstić information content (AvgIpc) is 3.27. The minimum atomic E-state index is -3.60. The molecule has 158 valence electrons. The van der Waals surface area contributed by atoms with Gasteiger partial charge in [-0.15, -0.1) is 0 Å². The van der Waals surface area contributed by atoms with Crippen LogP contribution in [0.3, 0.4) is 0 Å². The van der Waals surface area contributed by atoms with Crippen LogP contribution < -0.4 is 16.2 Å². The molecule has 0 aliphatic carbocycles. The van der Waals surface area contributed by atoms with Gasteiger partial charge in [-0.25, -0.2) is 8.42 Å². The molecule has 9 heteroatoms. The van der Waals surface area contributed by atoms with E-state index in [0.29, 0.717) is 30.0 Å². The van der Waals surface area contributed by atoms with E-state index in [9.17, 15) is 18.0 Å². The highest BCUT2D eigenvalue weighted by molar-refractivity contribution is 7.89. The van der Waals surface area contributed by atoms with Crippen LogP contribution >= 0.6 is 0 Å². The lowest BCUT2D eigenvalue weighted by Gasteiger charge is -2.16. The Morgan fingerprint density at radius 2 is 1.63 bits per heavy atom. The van der Waals surface area contributed by atoms with Crippen LogP contribution in [0, 0.1) is 0 Å². The van der Waals surface area contributed by atoms with Gasteiger partial charge in [-0.3, -0.25) is 20.4 Å². The Hall–Kier alpha value is -3.17. The highest BCUT2D eigenvalue weighted by Gasteiger charge is 2.27. The minimum absolute atomic E-state index is 0.0962. The summed E-state index contributed by atoms with van der Waals surface area (Å²) in [7, 11) is -3.60. The van der Waals surface area contributed by atoms with Gasteiger partial charge in [0.2, 0.25) is 15.9 Å². The fourth-order valence-corrected chi connectivity index (χ4v) is 4.70. The van der Waals surface area contributed by atoms with E-state index in [0.717, 1.165) is 12.8 Å². The Labute approximate surface area is 176 Å². The number of rotatable bonds is 7. The summed E-state index contributed by atoms with van der Waals surface area (Å²) in [4.78, 5) is 23.8. The number of benzene rings is 2. The van der Waals surface area contributed by atoms with Gasteiger partial charge in [0.05, 0.1) is 10.6 Å². The number of carbonyl (C=O) groups excluding carboxylic acids is 2. The summed E-state index contributed by atoms with van der Waals surface area (Å²) in [6, 6.07) is 12.9. The first kappa shape index (κ1) is 21.5. The van der Waals surface area contributed by atoms with Crippen LogP contribution in [0.5, 0.6) is 0 Å². The van der Waals surface area contributed by atoms with E-state index in [1.807, 2.05) is 0 Å². The first-order chi connectivity index (χ1) is 14.3. The van der Waals surface area contributed by atoms with Crippen LogP contribution in [0.4, 0.5) is 5.69 Å². The molecule has 0 unspecified atom stereocenters. The molecular weight excluding hydrogens is 404 g/mol. The van der Waals surface area contributed by atoms with Crippen molar-refractivity contribution >= 4 is 33.2 Å². The summed E-state index contributed by atoms with van der Waals surface area (Å²) in [5.41, 5.74) is 7.15. The van der Waals surface area contributed by atoms with Crippen molar-refractivity contribution in [2.45, 2.75) is 24.7 Å². The summed E-state index contributed by atoms with van der Waals surface area (Å²) < 4.78 is 26.8. The van der Waals surface area contributed by atoms with Gasteiger partial charge in [0.1, 0.15) is 0 Å². The third kappa shape index (κ3) is 5.05. The highest BCUT2D eigenvalue weighted by Crippen LogP contribution is 2.21. The summed E-state index contributed by atoms with van der Waals surface area (Å²) in [6.07, 6.45) is 1.68. The van der Waals surface area contributed by atoms with E-state index in [4.69, 9.17) is 0 Å². The van der Waals surface area contributed by atoms with E-state index < -0.39 is 15.9 Å². The summed E-state index contributed by atoms with van der Waals surface area (Å²) in [6.45, 7) is 6.29. The summed E-state index contributed by atoms with van der Waals surface area (Å²) in [5, 5.41) is 2.68. The largest absolute Gasteiger partial charge is 0.326 e. The van der Waals surface area contributed by atoms with Gasteiger partial charge in [-0.2, -0.15) is 4.31 Å². The van der Waals surface area contributed by atoms with Gasteiger partial charge >= 0.3 is 0 Å². The van der Waals surface area contributed by atoms with Crippen molar-refractivity contribution in [3.8, 4) is 0 Å². The van der Waals surface area contributed by atoms with Gasteiger partial charge in [-0.05, 0) is 43.2 Å². The van der Waals surface area contributed by atoms with Crippen molar-refractivity contribution < 1.29 is 18.0 Å². The lowest BCUT2D eigenvalue weighted by Crippen LogP contribution is -2.36. The molecular formula is C21H24N4O4S. The monoisotopic (exact) mass is 428 g/mol. The normalized spacial score (nSPS) is 14.2.